The number of aromatic nitrogens is 2. The molecule has 0 saturated carbocycles. The number of hydrogen-bond donors (Lipinski definition) is 2. The van der Waals surface area contributed by atoms with Crippen LogP contribution >= 0.6 is 0 Å². The summed E-state index contributed by atoms with van der Waals surface area (Å²) < 4.78 is 10.7. The van der Waals surface area contributed by atoms with E-state index in [2.05, 4.69) is 47.5 Å². The maximum Gasteiger partial charge on any atom is 0.355 e. The molecule has 0 fully saturated rings. The fourth-order valence-electron chi connectivity index (χ4n) is 4.98. The van der Waals surface area contributed by atoms with Gasteiger partial charge in [0, 0.05) is 30.9 Å². The first-order valence-electron chi connectivity index (χ1n) is 13.9. The van der Waals surface area contributed by atoms with Gasteiger partial charge < -0.3 is 29.2 Å². The molecule has 0 amide bonds. The second-order valence-corrected chi connectivity index (χ2v) is 9.34. The van der Waals surface area contributed by atoms with Crippen molar-refractivity contribution in [2.24, 2.45) is 0 Å². The van der Waals surface area contributed by atoms with Crippen molar-refractivity contribution in [3.63, 3.8) is 0 Å². The van der Waals surface area contributed by atoms with E-state index in [-0.39, 0.29) is 11.9 Å². The van der Waals surface area contributed by atoms with Gasteiger partial charge in [0.05, 0.1) is 13.2 Å². The molecule has 0 spiro atoms. The van der Waals surface area contributed by atoms with E-state index >= 15 is 0 Å². The number of likely N-dealkylation sites (N-methyl/N-ethyl adjacent to an activating group) is 2. The van der Waals surface area contributed by atoms with Crippen molar-refractivity contribution in [3.8, 4) is 0 Å². The van der Waals surface area contributed by atoms with Gasteiger partial charge in [0.15, 0.2) is 0 Å². The highest BCUT2D eigenvalue weighted by Crippen LogP contribution is 2.27. The normalized spacial score (nSPS) is 11.5. The third-order valence-corrected chi connectivity index (χ3v) is 7.39. The first-order chi connectivity index (χ1) is 17.8. The number of hydrogen-bond acceptors (Lipinski definition) is 6. The van der Waals surface area contributed by atoms with Gasteiger partial charge in [0.25, 0.3) is 0 Å². The van der Waals surface area contributed by atoms with Gasteiger partial charge in [-0.3, -0.25) is 0 Å². The van der Waals surface area contributed by atoms with E-state index in [1.54, 1.807) is 0 Å². The Labute approximate surface area is 223 Å². The molecule has 0 aromatic carbocycles. The highest BCUT2D eigenvalue weighted by Gasteiger charge is 2.25. The molecule has 8 nitrogen and oxygen atoms in total. The molecular formula is C29H48N4O4. The third kappa shape index (κ3) is 7.71. The van der Waals surface area contributed by atoms with Crippen LogP contribution in [0.5, 0.6) is 0 Å². The molecule has 2 heterocycles. The lowest BCUT2D eigenvalue weighted by Crippen LogP contribution is -2.26. The lowest BCUT2D eigenvalue weighted by Gasteiger charge is -2.19. The average Bonchev–Trinajstić information content (AvgIpc) is 3.37. The Morgan fingerprint density at radius 2 is 1.00 bits per heavy atom. The van der Waals surface area contributed by atoms with Crippen LogP contribution in [0.1, 0.15) is 96.2 Å². The molecule has 37 heavy (non-hydrogen) atoms. The Hall–Kier alpha value is -2.58. The van der Waals surface area contributed by atoms with Crippen molar-refractivity contribution in [3.05, 3.63) is 45.0 Å². The van der Waals surface area contributed by atoms with Crippen molar-refractivity contribution in [2.75, 3.05) is 52.5 Å². The minimum Gasteiger partial charge on any atom is -0.461 e. The molecule has 2 aromatic rings. The second-order valence-electron chi connectivity index (χ2n) is 9.34. The van der Waals surface area contributed by atoms with Crippen LogP contribution in [-0.4, -0.2) is 84.2 Å². The number of nitrogens with one attached hydrogen (secondary N) is 2. The topological polar surface area (TPSA) is 90.7 Å². The van der Waals surface area contributed by atoms with Gasteiger partial charge in [-0.1, -0.05) is 27.7 Å². The van der Waals surface area contributed by atoms with E-state index in [1.807, 2.05) is 27.7 Å². The summed E-state index contributed by atoms with van der Waals surface area (Å²) in [5.74, 6) is -0.654. The summed E-state index contributed by atoms with van der Waals surface area (Å²) in [6.45, 7) is 22.7. The summed E-state index contributed by atoms with van der Waals surface area (Å²) in [5.41, 5.74) is 7.21. The maximum absolute atomic E-state index is 12.7. The third-order valence-electron chi connectivity index (χ3n) is 7.39. The van der Waals surface area contributed by atoms with E-state index in [0.29, 0.717) is 31.0 Å². The van der Waals surface area contributed by atoms with E-state index in [1.165, 1.54) is 0 Å². The van der Waals surface area contributed by atoms with Crippen LogP contribution in [0.15, 0.2) is 0 Å². The van der Waals surface area contributed by atoms with E-state index in [9.17, 15) is 9.59 Å². The number of nitrogens with zero attached hydrogens (tertiary/aromatic N) is 2. The van der Waals surface area contributed by atoms with Gasteiger partial charge in [-0.15, -0.1) is 0 Å². The van der Waals surface area contributed by atoms with Gasteiger partial charge in [0.2, 0.25) is 0 Å². The van der Waals surface area contributed by atoms with Gasteiger partial charge in [-0.25, -0.2) is 9.59 Å². The molecular weight excluding hydrogens is 468 g/mol. The summed E-state index contributed by atoms with van der Waals surface area (Å²) in [5, 5.41) is 0. The number of H-pyrrole nitrogens is 2. The Morgan fingerprint density at radius 3 is 1.30 bits per heavy atom. The van der Waals surface area contributed by atoms with E-state index < -0.39 is 0 Å². The van der Waals surface area contributed by atoms with Crippen molar-refractivity contribution in [1.82, 2.24) is 19.8 Å². The van der Waals surface area contributed by atoms with Crippen molar-refractivity contribution < 1.29 is 19.1 Å². The van der Waals surface area contributed by atoms with Gasteiger partial charge >= 0.3 is 11.9 Å². The molecule has 0 aliphatic heterocycles. The summed E-state index contributed by atoms with van der Waals surface area (Å²) in [7, 11) is 0. The summed E-state index contributed by atoms with van der Waals surface area (Å²) in [4.78, 5) is 37.0. The molecule has 2 N–H and O–H groups in total. The molecule has 0 radical (unpaired) electrons. The van der Waals surface area contributed by atoms with Crippen LogP contribution in [0.25, 0.3) is 0 Å². The van der Waals surface area contributed by atoms with Crippen LogP contribution in [0.3, 0.4) is 0 Å². The minimum absolute atomic E-state index is 0.327. The summed E-state index contributed by atoms with van der Waals surface area (Å²) >= 11 is 0. The zero-order chi connectivity index (χ0) is 27.5. The fraction of sp³-hybridized carbons (Fsp3) is 0.655. The van der Waals surface area contributed by atoms with Crippen LogP contribution in [0.2, 0.25) is 0 Å². The predicted molar refractivity (Wildman–Crippen MR) is 149 cm³/mol. The van der Waals surface area contributed by atoms with Crippen LogP contribution in [0.4, 0.5) is 0 Å². The first kappa shape index (κ1) is 30.6. The van der Waals surface area contributed by atoms with Crippen LogP contribution in [-0.2, 0) is 28.7 Å². The maximum atomic E-state index is 12.7. The highest BCUT2D eigenvalue weighted by molar-refractivity contribution is 5.90. The molecule has 8 heteroatoms. The second kappa shape index (κ2) is 15.0. The number of carbonyl (C=O) groups is 2. The molecule has 0 saturated heterocycles. The Kier molecular flexibility index (Phi) is 12.4. The Morgan fingerprint density at radius 1 is 0.649 bits per heavy atom. The first-order valence-corrected chi connectivity index (χ1v) is 13.9. The minimum atomic E-state index is -0.327. The Balaban J connectivity index is 2.52. The molecule has 208 valence electrons. The molecule has 0 unspecified atom stereocenters. The number of aromatic amines is 2. The molecule has 2 rings (SSSR count). The number of ether oxygens (including phenoxy) is 2. The number of esters is 2. The quantitative estimate of drug-likeness (QED) is 0.315. The smallest absolute Gasteiger partial charge is 0.355 e. The predicted octanol–water partition coefficient (Wildman–Crippen LogP) is 4.67. The van der Waals surface area contributed by atoms with Crippen LogP contribution < -0.4 is 0 Å². The van der Waals surface area contributed by atoms with E-state index in [0.717, 1.165) is 85.8 Å². The van der Waals surface area contributed by atoms with Crippen LogP contribution in [0, 0.1) is 13.8 Å². The zero-order valence-corrected chi connectivity index (χ0v) is 24.3. The molecule has 0 atom stereocenters. The highest BCUT2D eigenvalue weighted by atomic mass is 16.5. The lowest BCUT2D eigenvalue weighted by atomic mass is 9.99. The molecule has 2 aromatic heterocycles. The standard InChI is InChI=1S/C29H48N4O4/c1-9-32(10-2)17-15-22-20(7)26(28(34)36-13-5)30-24(22)19-25-23(16-18-33(11-3)12-4)21(8)27(31-25)29(35)37-14-6/h30-31H,9-19H2,1-8H3. The average molecular weight is 517 g/mol. The fourth-order valence-corrected chi connectivity index (χ4v) is 4.98. The van der Waals surface area contributed by atoms with Gasteiger partial charge in [-0.05, 0) is 89.0 Å². The molecule has 0 aliphatic carbocycles. The SMILES string of the molecule is CCOC(=O)c1[nH]c(Cc2[nH]c(C(=O)OCC)c(C)c2CCN(CC)CC)c(CCN(CC)CC)c1C. The summed E-state index contributed by atoms with van der Waals surface area (Å²) in [6.07, 6.45) is 2.23. The van der Waals surface area contributed by atoms with Crippen molar-refractivity contribution >= 4 is 11.9 Å². The molecule has 0 aliphatic rings. The van der Waals surface area contributed by atoms with Gasteiger partial charge in [-0.2, -0.15) is 0 Å². The monoisotopic (exact) mass is 516 g/mol. The summed E-state index contributed by atoms with van der Waals surface area (Å²) in [6, 6.07) is 0. The lowest BCUT2D eigenvalue weighted by molar-refractivity contribution is 0.0510. The van der Waals surface area contributed by atoms with Crippen molar-refractivity contribution in [2.45, 2.75) is 74.7 Å². The van der Waals surface area contributed by atoms with Gasteiger partial charge in [0.1, 0.15) is 11.4 Å². The number of carbonyl (C=O) groups excluding carboxylic acids is 2. The largest absolute Gasteiger partial charge is 0.461 e. The Bertz CT molecular complexity index is 936. The van der Waals surface area contributed by atoms with Crippen molar-refractivity contribution in [1.29, 1.82) is 0 Å². The zero-order valence-electron chi connectivity index (χ0n) is 24.3. The molecule has 0 bridgehead atoms. The van der Waals surface area contributed by atoms with E-state index in [4.69, 9.17) is 9.47 Å². The number of rotatable bonds is 16.